The van der Waals surface area contributed by atoms with Gasteiger partial charge < -0.3 is 4.74 Å². The van der Waals surface area contributed by atoms with E-state index in [1.807, 2.05) is 38.1 Å². The third-order valence-electron chi connectivity index (χ3n) is 3.68. The average Bonchev–Trinajstić information content (AvgIpc) is 2.77. The molecule has 0 bridgehead atoms. The Kier molecular flexibility index (Phi) is 3.19. The van der Waals surface area contributed by atoms with Crippen molar-refractivity contribution < 1.29 is 17.9 Å². The first kappa shape index (κ1) is 14.0. The van der Waals surface area contributed by atoms with E-state index in [0.29, 0.717) is 23.3 Å². The molecule has 1 nitrogen and oxygen atoms in total. The Morgan fingerprint density at radius 3 is 2.38 bits per heavy atom. The molecule has 0 aliphatic carbocycles. The second-order valence-corrected chi connectivity index (χ2v) is 5.51. The van der Waals surface area contributed by atoms with Crippen LogP contribution in [0.1, 0.15) is 23.6 Å². The van der Waals surface area contributed by atoms with Crippen LogP contribution in [0, 0.1) is 6.92 Å². The van der Waals surface area contributed by atoms with Gasteiger partial charge in [-0.25, -0.2) is 0 Å². The monoisotopic (exact) mass is 292 g/mol. The zero-order valence-corrected chi connectivity index (χ0v) is 11.8. The summed E-state index contributed by atoms with van der Waals surface area (Å²) in [4.78, 5) is 0. The minimum absolute atomic E-state index is 0.0901. The summed E-state index contributed by atoms with van der Waals surface area (Å²) < 4.78 is 44.9. The van der Waals surface area contributed by atoms with Crippen molar-refractivity contribution in [2.24, 2.45) is 0 Å². The van der Waals surface area contributed by atoms with Gasteiger partial charge in [-0.05, 0) is 37.1 Å². The van der Waals surface area contributed by atoms with Gasteiger partial charge in [0.2, 0.25) is 0 Å². The number of hydrogen-bond donors (Lipinski definition) is 0. The highest BCUT2D eigenvalue weighted by atomic mass is 19.4. The Labute approximate surface area is 121 Å². The Bertz CT molecular complexity index is 672. The molecule has 3 rings (SSSR count). The molecule has 1 aliphatic heterocycles. The number of halogens is 3. The Morgan fingerprint density at radius 1 is 1.10 bits per heavy atom. The summed E-state index contributed by atoms with van der Waals surface area (Å²) in [6.07, 6.45) is -3.93. The van der Waals surface area contributed by atoms with Crippen LogP contribution in [0.2, 0.25) is 0 Å². The fourth-order valence-electron chi connectivity index (χ4n) is 2.64. The molecule has 1 aliphatic rings. The Morgan fingerprint density at radius 2 is 1.76 bits per heavy atom. The van der Waals surface area contributed by atoms with Crippen molar-refractivity contribution in [3.8, 4) is 16.9 Å². The van der Waals surface area contributed by atoms with Crippen molar-refractivity contribution in [1.82, 2.24) is 0 Å². The maximum Gasteiger partial charge on any atom is 0.416 e. The average molecular weight is 292 g/mol. The summed E-state index contributed by atoms with van der Waals surface area (Å²) in [7, 11) is 0. The number of rotatable bonds is 1. The van der Waals surface area contributed by atoms with E-state index in [4.69, 9.17) is 4.74 Å². The number of ether oxygens (including phenoxy) is 1. The molecule has 1 atom stereocenters. The first-order valence-corrected chi connectivity index (χ1v) is 6.82. The fourth-order valence-corrected chi connectivity index (χ4v) is 2.64. The maximum absolute atomic E-state index is 13.1. The summed E-state index contributed by atoms with van der Waals surface area (Å²) in [6, 6.07) is 9.83. The summed E-state index contributed by atoms with van der Waals surface area (Å²) in [5.74, 6) is 0.583. The van der Waals surface area contributed by atoms with Gasteiger partial charge in [0.15, 0.2) is 0 Å². The predicted molar refractivity (Wildman–Crippen MR) is 75.4 cm³/mol. The van der Waals surface area contributed by atoms with Crippen LogP contribution in [-0.4, -0.2) is 6.10 Å². The van der Waals surface area contributed by atoms with Crippen LogP contribution in [0.5, 0.6) is 5.75 Å². The van der Waals surface area contributed by atoms with Crippen molar-refractivity contribution in [3.05, 3.63) is 53.1 Å². The van der Waals surface area contributed by atoms with Gasteiger partial charge in [0.25, 0.3) is 0 Å². The van der Waals surface area contributed by atoms with Gasteiger partial charge in [-0.1, -0.05) is 29.8 Å². The Hall–Kier alpha value is -1.97. The van der Waals surface area contributed by atoms with E-state index in [0.717, 1.165) is 11.1 Å². The first-order chi connectivity index (χ1) is 9.84. The maximum atomic E-state index is 13.1. The van der Waals surface area contributed by atoms with Crippen LogP contribution in [-0.2, 0) is 12.6 Å². The smallest absolute Gasteiger partial charge is 0.416 e. The van der Waals surface area contributed by atoms with E-state index in [9.17, 15) is 13.2 Å². The molecule has 2 aromatic rings. The van der Waals surface area contributed by atoms with Crippen LogP contribution in [0.25, 0.3) is 11.1 Å². The van der Waals surface area contributed by atoms with E-state index in [1.165, 1.54) is 12.1 Å². The lowest BCUT2D eigenvalue weighted by Gasteiger charge is -2.14. The largest absolute Gasteiger partial charge is 0.489 e. The van der Waals surface area contributed by atoms with Crippen molar-refractivity contribution in [1.29, 1.82) is 0 Å². The topological polar surface area (TPSA) is 9.23 Å². The zero-order chi connectivity index (χ0) is 15.2. The van der Waals surface area contributed by atoms with E-state index in [1.54, 1.807) is 0 Å². The number of fused-ring (bicyclic) bond motifs is 1. The standard InChI is InChI=1S/C17H15F3O/c1-10-3-5-12(6-4-10)15-9-14(17(18,19)20)8-13-7-11(2)21-16(13)15/h3-6,8-9,11H,7H2,1-2H3. The van der Waals surface area contributed by atoms with Crippen LogP contribution >= 0.6 is 0 Å². The van der Waals surface area contributed by atoms with Gasteiger partial charge in [-0.3, -0.25) is 0 Å². The zero-order valence-electron chi connectivity index (χ0n) is 11.8. The molecular weight excluding hydrogens is 277 g/mol. The molecule has 0 radical (unpaired) electrons. The number of alkyl halides is 3. The molecule has 0 saturated heterocycles. The third-order valence-corrected chi connectivity index (χ3v) is 3.68. The molecule has 1 heterocycles. The third kappa shape index (κ3) is 2.62. The number of hydrogen-bond acceptors (Lipinski definition) is 1. The fraction of sp³-hybridized carbons (Fsp3) is 0.294. The molecule has 0 saturated carbocycles. The van der Waals surface area contributed by atoms with Gasteiger partial charge in [0, 0.05) is 12.0 Å². The lowest BCUT2D eigenvalue weighted by Crippen LogP contribution is -2.05. The lowest BCUT2D eigenvalue weighted by atomic mass is 9.96. The summed E-state index contributed by atoms with van der Waals surface area (Å²) >= 11 is 0. The molecule has 1 unspecified atom stereocenters. The highest BCUT2D eigenvalue weighted by Crippen LogP contribution is 2.43. The highest BCUT2D eigenvalue weighted by molar-refractivity contribution is 5.74. The van der Waals surface area contributed by atoms with Crippen molar-refractivity contribution in [2.75, 3.05) is 0 Å². The minimum Gasteiger partial charge on any atom is -0.489 e. The molecule has 0 amide bonds. The van der Waals surface area contributed by atoms with Crippen LogP contribution in [0.3, 0.4) is 0 Å². The van der Waals surface area contributed by atoms with E-state index < -0.39 is 11.7 Å². The number of benzene rings is 2. The van der Waals surface area contributed by atoms with Gasteiger partial charge in [-0.15, -0.1) is 0 Å². The molecule has 0 aromatic heterocycles. The van der Waals surface area contributed by atoms with Crippen molar-refractivity contribution >= 4 is 0 Å². The summed E-state index contributed by atoms with van der Waals surface area (Å²) in [5, 5.41) is 0. The van der Waals surface area contributed by atoms with Gasteiger partial charge >= 0.3 is 6.18 Å². The second-order valence-electron chi connectivity index (χ2n) is 5.51. The van der Waals surface area contributed by atoms with Crippen molar-refractivity contribution in [2.45, 2.75) is 32.5 Å². The van der Waals surface area contributed by atoms with Crippen LogP contribution in [0.15, 0.2) is 36.4 Å². The van der Waals surface area contributed by atoms with Gasteiger partial charge in [-0.2, -0.15) is 13.2 Å². The SMILES string of the molecule is Cc1ccc(-c2cc(C(F)(F)F)cc3c2OC(C)C3)cc1. The molecule has 21 heavy (non-hydrogen) atoms. The quantitative estimate of drug-likeness (QED) is 0.718. The predicted octanol–water partition coefficient (Wildman–Crippen LogP) is 5.00. The first-order valence-electron chi connectivity index (χ1n) is 6.82. The van der Waals surface area contributed by atoms with E-state index in [2.05, 4.69) is 0 Å². The summed E-state index contributed by atoms with van der Waals surface area (Å²) in [5.41, 5.74) is 2.35. The molecule has 110 valence electrons. The second kappa shape index (κ2) is 4.79. The highest BCUT2D eigenvalue weighted by Gasteiger charge is 2.34. The molecule has 4 heteroatoms. The Balaban J connectivity index is 2.19. The minimum atomic E-state index is -4.35. The van der Waals surface area contributed by atoms with Gasteiger partial charge in [0.05, 0.1) is 5.56 Å². The molecule has 2 aromatic carbocycles. The van der Waals surface area contributed by atoms with E-state index in [-0.39, 0.29) is 6.10 Å². The van der Waals surface area contributed by atoms with Gasteiger partial charge in [0.1, 0.15) is 11.9 Å². The summed E-state index contributed by atoms with van der Waals surface area (Å²) in [6.45, 7) is 3.81. The van der Waals surface area contributed by atoms with Crippen molar-refractivity contribution in [3.63, 3.8) is 0 Å². The molecule has 0 N–H and O–H groups in total. The van der Waals surface area contributed by atoms with Crippen LogP contribution in [0.4, 0.5) is 13.2 Å². The normalized spacial score (nSPS) is 17.5. The lowest BCUT2D eigenvalue weighted by molar-refractivity contribution is -0.137. The molecular formula is C17H15F3O. The van der Waals surface area contributed by atoms with Crippen LogP contribution < -0.4 is 4.74 Å². The van der Waals surface area contributed by atoms with E-state index >= 15 is 0 Å². The molecule has 0 spiro atoms. The number of aryl methyl sites for hydroxylation is 1. The molecule has 0 fully saturated rings.